The molecule has 0 aliphatic carbocycles. The van der Waals surface area contributed by atoms with Crippen molar-refractivity contribution >= 4 is 27.5 Å². The van der Waals surface area contributed by atoms with Crippen LogP contribution in [-0.2, 0) is 7.05 Å². The molecule has 0 saturated heterocycles. The molecule has 1 amide bonds. The highest BCUT2D eigenvalue weighted by Crippen LogP contribution is 2.22. The number of aromatic nitrogens is 1. The molecule has 1 N–H and O–H groups in total. The van der Waals surface area contributed by atoms with Crippen molar-refractivity contribution in [3.8, 4) is 0 Å². The second kappa shape index (κ2) is 4.75. The van der Waals surface area contributed by atoms with Crippen molar-refractivity contribution in [1.29, 1.82) is 0 Å². The molecule has 0 aliphatic rings. The second-order valence-electron chi connectivity index (χ2n) is 3.95. The number of para-hydroxylation sites is 1. The van der Waals surface area contributed by atoms with Crippen LogP contribution in [0.4, 0.5) is 5.69 Å². The van der Waals surface area contributed by atoms with Gasteiger partial charge in [0.15, 0.2) is 0 Å². The minimum absolute atomic E-state index is 0.0880. The summed E-state index contributed by atoms with van der Waals surface area (Å²) in [5, 5.41) is 2.88. The van der Waals surface area contributed by atoms with Crippen LogP contribution in [-0.4, -0.2) is 10.5 Å². The van der Waals surface area contributed by atoms with E-state index in [2.05, 4.69) is 21.2 Å². The van der Waals surface area contributed by atoms with E-state index < -0.39 is 0 Å². The Morgan fingerprint density at radius 1 is 1.29 bits per heavy atom. The molecular weight excluding hydrogens is 280 g/mol. The van der Waals surface area contributed by atoms with Crippen LogP contribution < -0.4 is 5.32 Å². The SMILES string of the molecule is Cc1cn(C)cc1C(=O)Nc1ccccc1Br. The summed E-state index contributed by atoms with van der Waals surface area (Å²) in [6.45, 7) is 1.93. The summed E-state index contributed by atoms with van der Waals surface area (Å²) in [6.07, 6.45) is 3.75. The minimum atomic E-state index is -0.0880. The molecule has 0 aliphatic heterocycles. The van der Waals surface area contributed by atoms with Gasteiger partial charge in [-0.3, -0.25) is 4.79 Å². The monoisotopic (exact) mass is 292 g/mol. The molecule has 17 heavy (non-hydrogen) atoms. The molecule has 0 saturated carbocycles. The molecule has 2 rings (SSSR count). The van der Waals surface area contributed by atoms with E-state index in [1.165, 1.54) is 0 Å². The normalized spacial score (nSPS) is 10.3. The van der Waals surface area contributed by atoms with Crippen LogP contribution in [0.5, 0.6) is 0 Å². The van der Waals surface area contributed by atoms with Crippen molar-refractivity contribution in [1.82, 2.24) is 4.57 Å². The average Bonchev–Trinajstić information content (AvgIpc) is 2.61. The number of nitrogens with one attached hydrogen (secondary N) is 1. The lowest BCUT2D eigenvalue weighted by Gasteiger charge is -2.06. The molecule has 1 heterocycles. The van der Waals surface area contributed by atoms with Crippen LogP contribution in [0.1, 0.15) is 15.9 Å². The highest BCUT2D eigenvalue weighted by atomic mass is 79.9. The Morgan fingerprint density at radius 2 is 2.00 bits per heavy atom. The molecule has 0 atom stereocenters. The molecule has 3 nitrogen and oxygen atoms in total. The molecule has 0 spiro atoms. The number of carbonyl (C=O) groups excluding carboxylic acids is 1. The average molecular weight is 293 g/mol. The number of halogens is 1. The van der Waals surface area contributed by atoms with Crippen molar-refractivity contribution < 1.29 is 4.79 Å². The minimum Gasteiger partial charge on any atom is -0.356 e. The Morgan fingerprint density at radius 3 is 2.59 bits per heavy atom. The van der Waals surface area contributed by atoms with Gasteiger partial charge in [-0.25, -0.2) is 0 Å². The number of hydrogen-bond acceptors (Lipinski definition) is 1. The van der Waals surface area contributed by atoms with E-state index in [-0.39, 0.29) is 5.91 Å². The third-order valence-corrected chi connectivity index (χ3v) is 3.21. The highest BCUT2D eigenvalue weighted by Gasteiger charge is 2.12. The molecule has 88 valence electrons. The third kappa shape index (κ3) is 2.58. The molecule has 1 aromatic carbocycles. The first-order valence-corrected chi connectivity index (χ1v) is 6.05. The van der Waals surface area contributed by atoms with Crippen LogP contribution in [0.25, 0.3) is 0 Å². The quantitative estimate of drug-likeness (QED) is 0.905. The number of hydrogen-bond donors (Lipinski definition) is 1. The lowest BCUT2D eigenvalue weighted by Crippen LogP contribution is -2.12. The number of carbonyl (C=O) groups is 1. The van der Waals surface area contributed by atoms with Crippen molar-refractivity contribution in [2.24, 2.45) is 7.05 Å². The highest BCUT2D eigenvalue weighted by molar-refractivity contribution is 9.10. The van der Waals surface area contributed by atoms with Crippen LogP contribution in [0, 0.1) is 6.92 Å². The molecular formula is C13H13BrN2O. The molecule has 0 bridgehead atoms. The molecule has 2 aromatic rings. The van der Waals surface area contributed by atoms with Gasteiger partial charge in [-0.1, -0.05) is 12.1 Å². The smallest absolute Gasteiger partial charge is 0.257 e. The number of amides is 1. The fourth-order valence-corrected chi connectivity index (χ4v) is 2.09. The molecule has 4 heteroatoms. The van der Waals surface area contributed by atoms with E-state index in [4.69, 9.17) is 0 Å². The van der Waals surface area contributed by atoms with Gasteiger partial charge in [-0.2, -0.15) is 0 Å². The Balaban J connectivity index is 2.23. The topological polar surface area (TPSA) is 34.0 Å². The van der Waals surface area contributed by atoms with E-state index in [1.54, 1.807) is 0 Å². The fourth-order valence-electron chi connectivity index (χ4n) is 1.71. The number of benzene rings is 1. The number of rotatable bonds is 2. The van der Waals surface area contributed by atoms with E-state index in [9.17, 15) is 4.79 Å². The summed E-state index contributed by atoms with van der Waals surface area (Å²) in [6, 6.07) is 7.56. The van der Waals surface area contributed by atoms with Gasteiger partial charge < -0.3 is 9.88 Å². The Labute approximate surface area is 109 Å². The van der Waals surface area contributed by atoms with Gasteiger partial charge >= 0.3 is 0 Å². The van der Waals surface area contributed by atoms with Gasteiger partial charge in [0.25, 0.3) is 5.91 Å². The first kappa shape index (κ1) is 11.9. The van der Waals surface area contributed by atoms with E-state index in [0.717, 1.165) is 15.7 Å². The Bertz CT molecular complexity index is 560. The van der Waals surface area contributed by atoms with Crippen LogP contribution in [0.3, 0.4) is 0 Å². The predicted molar refractivity (Wildman–Crippen MR) is 72.2 cm³/mol. The third-order valence-electron chi connectivity index (χ3n) is 2.52. The molecule has 0 radical (unpaired) electrons. The van der Waals surface area contributed by atoms with Crippen molar-refractivity contribution in [3.05, 3.63) is 52.3 Å². The van der Waals surface area contributed by atoms with Gasteiger partial charge in [0.1, 0.15) is 0 Å². The molecule has 1 aromatic heterocycles. The number of nitrogens with zero attached hydrogens (tertiary/aromatic N) is 1. The maximum atomic E-state index is 12.1. The first-order valence-electron chi connectivity index (χ1n) is 5.26. The van der Waals surface area contributed by atoms with E-state index in [0.29, 0.717) is 5.56 Å². The van der Waals surface area contributed by atoms with Gasteiger partial charge in [-0.15, -0.1) is 0 Å². The Hall–Kier alpha value is -1.55. The maximum absolute atomic E-state index is 12.1. The summed E-state index contributed by atoms with van der Waals surface area (Å²) in [5.41, 5.74) is 2.45. The molecule has 0 fully saturated rings. The van der Waals surface area contributed by atoms with Gasteiger partial charge in [0.2, 0.25) is 0 Å². The van der Waals surface area contributed by atoms with Gasteiger partial charge in [0, 0.05) is 23.9 Å². The lowest BCUT2D eigenvalue weighted by molar-refractivity contribution is 0.102. The van der Waals surface area contributed by atoms with E-state index >= 15 is 0 Å². The van der Waals surface area contributed by atoms with Crippen molar-refractivity contribution in [2.75, 3.05) is 5.32 Å². The van der Waals surface area contributed by atoms with E-state index in [1.807, 2.05) is 55.2 Å². The van der Waals surface area contributed by atoms with Gasteiger partial charge in [0.05, 0.1) is 11.3 Å². The van der Waals surface area contributed by atoms with Crippen molar-refractivity contribution in [3.63, 3.8) is 0 Å². The summed E-state index contributed by atoms with van der Waals surface area (Å²) in [5.74, 6) is -0.0880. The summed E-state index contributed by atoms with van der Waals surface area (Å²) >= 11 is 3.40. The summed E-state index contributed by atoms with van der Waals surface area (Å²) in [4.78, 5) is 12.1. The van der Waals surface area contributed by atoms with Crippen molar-refractivity contribution in [2.45, 2.75) is 6.92 Å². The lowest BCUT2D eigenvalue weighted by atomic mass is 10.2. The standard InChI is InChI=1S/C13H13BrN2O/c1-9-7-16(2)8-10(9)13(17)15-12-6-4-3-5-11(12)14/h3-8H,1-2H3,(H,15,17). The fraction of sp³-hybridized carbons (Fsp3) is 0.154. The van der Waals surface area contributed by atoms with Crippen LogP contribution in [0.2, 0.25) is 0 Å². The predicted octanol–water partition coefficient (Wildman–Crippen LogP) is 3.35. The van der Waals surface area contributed by atoms with Gasteiger partial charge in [-0.05, 0) is 40.5 Å². The maximum Gasteiger partial charge on any atom is 0.257 e. The zero-order chi connectivity index (χ0) is 12.4. The zero-order valence-corrected chi connectivity index (χ0v) is 11.3. The first-order chi connectivity index (χ1) is 8.08. The largest absolute Gasteiger partial charge is 0.356 e. The molecule has 0 unspecified atom stereocenters. The summed E-state index contributed by atoms with van der Waals surface area (Å²) < 4.78 is 2.76. The van der Waals surface area contributed by atoms with Crippen LogP contribution >= 0.6 is 15.9 Å². The van der Waals surface area contributed by atoms with Crippen LogP contribution in [0.15, 0.2) is 41.1 Å². The second-order valence-corrected chi connectivity index (χ2v) is 4.81. The summed E-state index contributed by atoms with van der Waals surface area (Å²) in [7, 11) is 1.90. The number of anilines is 1. The number of aryl methyl sites for hydroxylation is 2. The Kier molecular flexibility index (Phi) is 3.33. The zero-order valence-electron chi connectivity index (χ0n) is 9.70.